The van der Waals surface area contributed by atoms with Crippen molar-refractivity contribution in [1.29, 1.82) is 0 Å². The predicted molar refractivity (Wildman–Crippen MR) is 68.3 cm³/mol. The van der Waals surface area contributed by atoms with Gasteiger partial charge in [-0.2, -0.15) is 0 Å². The molecule has 18 heavy (non-hydrogen) atoms. The van der Waals surface area contributed by atoms with Gasteiger partial charge in [0.1, 0.15) is 0 Å². The number of hydrogen-bond donors (Lipinski definition) is 0. The number of amides is 2. The lowest BCUT2D eigenvalue weighted by Gasteiger charge is -2.13. The first-order valence-electron chi connectivity index (χ1n) is 5.64. The van der Waals surface area contributed by atoms with Crippen LogP contribution in [-0.2, 0) is 9.53 Å². The molecule has 1 saturated heterocycles. The molecule has 0 N–H and O–H groups in total. The number of benzene rings is 1. The van der Waals surface area contributed by atoms with Gasteiger partial charge in [-0.3, -0.25) is 4.79 Å². The third-order valence-electron chi connectivity index (χ3n) is 2.59. The second-order valence-corrected chi connectivity index (χ2v) is 5.59. The van der Waals surface area contributed by atoms with Gasteiger partial charge in [-0.15, -0.1) is 11.8 Å². The molecule has 2 amide bonds. The van der Waals surface area contributed by atoms with Crippen molar-refractivity contribution in [3.05, 3.63) is 30.3 Å². The molecule has 1 aromatic rings. The second-order valence-electron chi connectivity index (χ2n) is 4.42. The fraction of sp³-hybridized carbons (Fsp3) is 0.385. The van der Waals surface area contributed by atoms with E-state index in [9.17, 15) is 9.59 Å². The molecule has 1 fully saturated rings. The summed E-state index contributed by atoms with van der Waals surface area (Å²) in [6, 6.07) is 10.5. The van der Waals surface area contributed by atoms with Gasteiger partial charge in [0.05, 0.1) is 0 Å². The molecule has 4 nitrogen and oxygen atoms in total. The van der Waals surface area contributed by atoms with Crippen molar-refractivity contribution in [1.82, 2.24) is 4.90 Å². The van der Waals surface area contributed by atoms with Crippen molar-refractivity contribution < 1.29 is 14.3 Å². The number of carbonyl (C=O) groups is 2. The van der Waals surface area contributed by atoms with Gasteiger partial charge in [0.15, 0.2) is 5.60 Å². The van der Waals surface area contributed by atoms with Gasteiger partial charge in [0, 0.05) is 17.2 Å². The van der Waals surface area contributed by atoms with Crippen LogP contribution in [0.5, 0.6) is 0 Å². The maximum absolute atomic E-state index is 11.8. The minimum absolute atomic E-state index is 0.269. The average molecular weight is 264 g/mol. The number of ether oxygens (including phenoxy) is 1. The van der Waals surface area contributed by atoms with Gasteiger partial charge in [-0.05, 0) is 32.0 Å². The number of hydrogen-bond acceptors (Lipinski definition) is 4. The van der Waals surface area contributed by atoms with E-state index >= 15 is 0 Å². The van der Waals surface area contributed by atoms with E-state index in [1.165, 1.54) is 4.90 Å². The summed E-state index contributed by atoms with van der Waals surface area (Å²) in [6.45, 7) is 3.57. The van der Waals surface area contributed by atoms with Crippen LogP contribution in [0.15, 0.2) is 29.2 Å². The van der Waals surface area contributed by atoms with Crippen molar-refractivity contribution in [2.75, 3.05) is 12.3 Å². The molecule has 1 heterocycles. The number of rotatable bonds is 4. The van der Waals surface area contributed by atoms with Crippen LogP contribution in [0, 0.1) is 6.07 Å². The molecule has 2 rings (SSSR count). The summed E-state index contributed by atoms with van der Waals surface area (Å²) in [5.41, 5.74) is -1.02. The Morgan fingerprint density at radius 3 is 2.56 bits per heavy atom. The summed E-state index contributed by atoms with van der Waals surface area (Å²) >= 11 is 1.59. The molecule has 1 aliphatic heterocycles. The summed E-state index contributed by atoms with van der Waals surface area (Å²) in [5.74, 6) is 0.385. The molecule has 0 bridgehead atoms. The number of carbonyl (C=O) groups excluding carboxylic acids is 2. The summed E-state index contributed by atoms with van der Waals surface area (Å²) in [6.07, 6.45) is -0.549. The van der Waals surface area contributed by atoms with Crippen LogP contribution in [0.3, 0.4) is 0 Å². The fourth-order valence-electron chi connectivity index (χ4n) is 1.64. The van der Waals surface area contributed by atoms with Gasteiger partial charge in [0.25, 0.3) is 5.91 Å². The number of nitrogens with zero attached hydrogens (tertiary/aromatic N) is 1. The minimum Gasteiger partial charge on any atom is -0.433 e. The average Bonchev–Trinajstić information content (AvgIpc) is 2.52. The van der Waals surface area contributed by atoms with Crippen molar-refractivity contribution in [3.63, 3.8) is 0 Å². The predicted octanol–water partition coefficient (Wildman–Crippen LogP) is 2.34. The van der Waals surface area contributed by atoms with E-state index in [-0.39, 0.29) is 5.91 Å². The molecule has 0 aromatic heterocycles. The van der Waals surface area contributed by atoms with Crippen LogP contribution in [0.25, 0.3) is 0 Å². The van der Waals surface area contributed by atoms with E-state index in [1.807, 2.05) is 24.3 Å². The molecule has 0 unspecified atom stereocenters. The molecule has 95 valence electrons. The molecule has 5 heteroatoms. The van der Waals surface area contributed by atoms with E-state index in [1.54, 1.807) is 25.6 Å². The zero-order valence-corrected chi connectivity index (χ0v) is 11.1. The highest BCUT2D eigenvalue weighted by Crippen LogP contribution is 2.24. The van der Waals surface area contributed by atoms with Crippen LogP contribution in [-0.4, -0.2) is 34.8 Å². The highest BCUT2D eigenvalue weighted by molar-refractivity contribution is 7.99. The molecule has 0 aliphatic carbocycles. The summed E-state index contributed by atoms with van der Waals surface area (Å²) < 4.78 is 5.00. The Labute approximate surface area is 110 Å². The Morgan fingerprint density at radius 1 is 1.33 bits per heavy atom. The molecular formula is C13H14NO3S. The number of thioether (sulfide) groups is 1. The first-order valence-corrected chi connectivity index (χ1v) is 6.63. The van der Waals surface area contributed by atoms with Crippen LogP contribution in [0.2, 0.25) is 0 Å². The zero-order chi connectivity index (χ0) is 13.2. The van der Waals surface area contributed by atoms with Crippen LogP contribution in [0.1, 0.15) is 13.8 Å². The molecule has 0 saturated carbocycles. The molecule has 0 spiro atoms. The summed E-state index contributed by atoms with van der Waals surface area (Å²) in [7, 11) is 0. The van der Waals surface area contributed by atoms with Crippen LogP contribution < -0.4 is 0 Å². The number of imide groups is 1. The third kappa shape index (κ3) is 2.67. The van der Waals surface area contributed by atoms with E-state index in [2.05, 4.69) is 6.07 Å². The smallest absolute Gasteiger partial charge is 0.417 e. The molecular weight excluding hydrogens is 250 g/mol. The lowest BCUT2D eigenvalue weighted by molar-refractivity contribution is -0.134. The summed E-state index contributed by atoms with van der Waals surface area (Å²) in [5, 5.41) is 0. The van der Waals surface area contributed by atoms with Gasteiger partial charge in [-0.1, -0.05) is 12.1 Å². The lowest BCUT2D eigenvalue weighted by Crippen LogP contribution is -2.37. The normalized spacial score (nSPS) is 18.0. The van der Waals surface area contributed by atoms with E-state index < -0.39 is 11.7 Å². The van der Waals surface area contributed by atoms with Gasteiger partial charge in [-0.25, -0.2) is 9.69 Å². The van der Waals surface area contributed by atoms with Crippen LogP contribution in [0.4, 0.5) is 4.79 Å². The Kier molecular flexibility index (Phi) is 3.61. The largest absolute Gasteiger partial charge is 0.433 e. The van der Waals surface area contributed by atoms with Gasteiger partial charge in [0.2, 0.25) is 0 Å². The lowest BCUT2D eigenvalue weighted by atomic mass is 10.1. The highest BCUT2D eigenvalue weighted by Gasteiger charge is 2.46. The van der Waals surface area contributed by atoms with Crippen molar-refractivity contribution in [3.8, 4) is 0 Å². The third-order valence-corrected chi connectivity index (χ3v) is 3.59. The Morgan fingerprint density at radius 2 is 2.00 bits per heavy atom. The Bertz CT molecular complexity index is 459. The van der Waals surface area contributed by atoms with Crippen molar-refractivity contribution in [2.45, 2.75) is 24.3 Å². The van der Waals surface area contributed by atoms with Crippen LogP contribution >= 0.6 is 11.8 Å². The van der Waals surface area contributed by atoms with E-state index in [0.29, 0.717) is 12.3 Å². The van der Waals surface area contributed by atoms with E-state index in [4.69, 9.17) is 4.74 Å². The highest BCUT2D eigenvalue weighted by atomic mass is 32.2. The first kappa shape index (κ1) is 13.0. The molecule has 1 aromatic carbocycles. The first-order chi connectivity index (χ1) is 8.50. The van der Waals surface area contributed by atoms with Crippen molar-refractivity contribution in [2.24, 2.45) is 0 Å². The van der Waals surface area contributed by atoms with E-state index in [0.717, 1.165) is 4.90 Å². The number of cyclic esters (lactones) is 1. The topological polar surface area (TPSA) is 46.6 Å². The minimum atomic E-state index is -1.02. The Balaban J connectivity index is 1.88. The SMILES string of the molecule is CC1(C)OC(=O)N(CCSc2cc[c]cc2)C1=O. The standard InChI is InChI=1S/C13H14NO3S/c1-13(2)11(15)14(12(16)17-13)8-9-18-10-6-4-3-5-7-10/h4-7H,8-9H2,1-2H3. The zero-order valence-electron chi connectivity index (χ0n) is 10.3. The monoisotopic (exact) mass is 264 g/mol. The summed E-state index contributed by atoms with van der Waals surface area (Å²) in [4.78, 5) is 25.6. The molecule has 1 aliphatic rings. The molecule has 1 radical (unpaired) electrons. The Hall–Kier alpha value is -1.49. The molecule has 0 atom stereocenters. The van der Waals surface area contributed by atoms with Gasteiger partial charge < -0.3 is 4.74 Å². The second kappa shape index (κ2) is 5.02. The van der Waals surface area contributed by atoms with Gasteiger partial charge >= 0.3 is 6.09 Å². The fourth-order valence-corrected chi connectivity index (χ4v) is 2.48. The quantitative estimate of drug-likeness (QED) is 0.783. The van der Waals surface area contributed by atoms with Crippen molar-refractivity contribution >= 4 is 23.8 Å². The maximum Gasteiger partial charge on any atom is 0.417 e. The maximum atomic E-state index is 11.8.